The zero-order valence-corrected chi connectivity index (χ0v) is 17.9. The number of rotatable bonds is 9. The van der Waals surface area contributed by atoms with Gasteiger partial charge in [-0.15, -0.1) is 0 Å². The number of Topliss-reactive ketones (excluding diaryl/α,β-unsaturated/α-hetero) is 1. The number of carbonyl (C=O) groups excluding carboxylic acids is 1. The summed E-state index contributed by atoms with van der Waals surface area (Å²) in [5.74, 6) is 0.249. The van der Waals surface area contributed by atoms with E-state index < -0.39 is 11.2 Å². The Morgan fingerprint density at radius 1 is 1.17 bits per heavy atom. The van der Waals surface area contributed by atoms with Crippen LogP contribution in [0.2, 0.25) is 0 Å². The second kappa shape index (κ2) is 9.08. The van der Waals surface area contributed by atoms with Gasteiger partial charge in [0.25, 0.3) is 5.56 Å². The number of carbonyl (C=O) groups is 1. The summed E-state index contributed by atoms with van der Waals surface area (Å²) < 4.78 is 2.83. The fourth-order valence-corrected chi connectivity index (χ4v) is 3.36. The van der Waals surface area contributed by atoms with E-state index in [9.17, 15) is 14.4 Å². The smallest absolute Gasteiger partial charge is 0.329 e. The number of aryl methyl sites for hydroxylation is 2. The number of H-pyrrole nitrogens is 1. The maximum absolute atomic E-state index is 12.9. The van der Waals surface area contributed by atoms with Crippen LogP contribution >= 0.6 is 0 Å². The van der Waals surface area contributed by atoms with Crippen molar-refractivity contribution in [1.29, 1.82) is 0 Å². The number of likely N-dealkylation sites (N-methyl/N-ethyl adjacent to an activating group) is 1. The molecular weight excluding hydrogens is 384 g/mol. The fourth-order valence-electron chi connectivity index (χ4n) is 3.36. The van der Waals surface area contributed by atoms with E-state index in [0.717, 1.165) is 25.2 Å². The van der Waals surface area contributed by atoms with Gasteiger partial charge >= 0.3 is 5.69 Å². The molecule has 3 aromatic rings. The van der Waals surface area contributed by atoms with E-state index in [-0.39, 0.29) is 23.5 Å². The second-order valence-electron chi connectivity index (χ2n) is 7.25. The van der Waals surface area contributed by atoms with E-state index in [4.69, 9.17) is 0 Å². The Labute approximate surface area is 174 Å². The third kappa shape index (κ3) is 4.35. The van der Waals surface area contributed by atoms with Gasteiger partial charge < -0.3 is 10.2 Å². The summed E-state index contributed by atoms with van der Waals surface area (Å²) in [4.78, 5) is 46.4. The molecular formula is C21H28N6O3. The van der Waals surface area contributed by atoms with Gasteiger partial charge in [-0.05, 0) is 20.0 Å². The van der Waals surface area contributed by atoms with Crippen LogP contribution in [0.15, 0.2) is 33.9 Å². The quantitative estimate of drug-likeness (QED) is 0.514. The molecule has 0 unspecified atom stereocenters. The zero-order valence-electron chi connectivity index (χ0n) is 17.9. The molecule has 0 aliphatic rings. The Morgan fingerprint density at radius 2 is 1.83 bits per heavy atom. The molecule has 0 aliphatic heterocycles. The highest BCUT2D eigenvalue weighted by Gasteiger charge is 2.20. The molecule has 1 aromatic carbocycles. The molecule has 9 nitrogen and oxygen atoms in total. The number of aromatic amines is 1. The van der Waals surface area contributed by atoms with Crippen molar-refractivity contribution in [2.75, 3.05) is 31.5 Å². The number of anilines is 1. The zero-order chi connectivity index (χ0) is 21.8. The Bertz CT molecular complexity index is 1150. The van der Waals surface area contributed by atoms with Gasteiger partial charge in [-0.2, -0.15) is 4.98 Å². The van der Waals surface area contributed by atoms with Crippen molar-refractivity contribution in [2.45, 2.75) is 27.3 Å². The van der Waals surface area contributed by atoms with Crippen molar-refractivity contribution in [3.05, 3.63) is 56.2 Å². The van der Waals surface area contributed by atoms with Crippen LogP contribution in [0.1, 0.15) is 29.8 Å². The molecule has 3 rings (SSSR count). The van der Waals surface area contributed by atoms with Gasteiger partial charge in [0.1, 0.15) is 0 Å². The van der Waals surface area contributed by atoms with Crippen LogP contribution in [0.3, 0.4) is 0 Å². The molecule has 2 heterocycles. The van der Waals surface area contributed by atoms with Crippen molar-refractivity contribution in [1.82, 2.24) is 24.0 Å². The first-order chi connectivity index (χ1) is 14.3. The van der Waals surface area contributed by atoms with E-state index in [1.165, 1.54) is 4.57 Å². The number of imidazole rings is 1. The number of hydrogen-bond donors (Lipinski definition) is 2. The van der Waals surface area contributed by atoms with Gasteiger partial charge in [0, 0.05) is 25.7 Å². The average Bonchev–Trinajstić information content (AvgIpc) is 3.08. The highest BCUT2D eigenvalue weighted by molar-refractivity contribution is 5.97. The lowest BCUT2D eigenvalue weighted by atomic mass is 10.1. The van der Waals surface area contributed by atoms with E-state index in [1.54, 1.807) is 23.7 Å². The number of benzene rings is 1. The number of nitrogens with one attached hydrogen (secondary N) is 2. The third-order valence-electron chi connectivity index (χ3n) is 5.29. The summed E-state index contributed by atoms with van der Waals surface area (Å²) in [5.41, 5.74) is 0.946. The van der Waals surface area contributed by atoms with Crippen LogP contribution in [0.25, 0.3) is 11.2 Å². The maximum atomic E-state index is 12.9. The van der Waals surface area contributed by atoms with Gasteiger partial charge in [-0.25, -0.2) is 4.79 Å². The number of hydrogen-bond acceptors (Lipinski definition) is 6. The van der Waals surface area contributed by atoms with Gasteiger partial charge in [0.2, 0.25) is 5.95 Å². The lowest BCUT2D eigenvalue weighted by molar-refractivity contribution is 0.0974. The van der Waals surface area contributed by atoms with Crippen LogP contribution < -0.4 is 16.6 Å². The van der Waals surface area contributed by atoms with E-state index >= 15 is 0 Å². The molecule has 0 fully saturated rings. The Hall–Kier alpha value is -3.20. The van der Waals surface area contributed by atoms with Crippen molar-refractivity contribution in [2.24, 2.45) is 7.05 Å². The Kier molecular flexibility index (Phi) is 6.51. The molecule has 0 amide bonds. The first-order valence-electron chi connectivity index (χ1n) is 10.1. The van der Waals surface area contributed by atoms with Crippen molar-refractivity contribution in [3.8, 4) is 0 Å². The molecule has 0 saturated carbocycles. The number of nitrogens with zero attached hydrogens (tertiary/aromatic N) is 4. The molecule has 30 heavy (non-hydrogen) atoms. The monoisotopic (exact) mass is 412 g/mol. The molecule has 0 aliphatic carbocycles. The molecule has 0 atom stereocenters. The Morgan fingerprint density at radius 3 is 2.47 bits per heavy atom. The first-order valence-corrected chi connectivity index (χ1v) is 10.1. The molecule has 9 heteroatoms. The molecule has 0 bridgehead atoms. The van der Waals surface area contributed by atoms with Gasteiger partial charge in [0.05, 0.1) is 6.54 Å². The minimum absolute atomic E-state index is 0.0611. The van der Waals surface area contributed by atoms with Crippen LogP contribution in [-0.2, 0) is 13.6 Å². The highest BCUT2D eigenvalue weighted by atomic mass is 16.2. The average molecular weight is 412 g/mol. The largest absolute Gasteiger partial charge is 0.354 e. The van der Waals surface area contributed by atoms with Crippen LogP contribution in [-0.4, -0.2) is 56.0 Å². The molecule has 0 radical (unpaired) electrons. The summed E-state index contributed by atoms with van der Waals surface area (Å²) in [6.07, 6.45) is 0. The van der Waals surface area contributed by atoms with Crippen molar-refractivity contribution in [3.63, 3.8) is 0 Å². The standard InChI is InChI=1S/C21H28N6O3/c1-5-26(6-2)12-11-22-20-23-18-17(19(29)24-21(30)25(18)4)27(20)13-16(28)15-9-7-14(3)8-10-15/h7-10H,5-6,11-13H2,1-4H3,(H,22,23)(H,24,29,30). The minimum atomic E-state index is -0.561. The fraction of sp³-hybridized carbons (Fsp3) is 0.429. The molecule has 0 saturated heterocycles. The van der Waals surface area contributed by atoms with Gasteiger partial charge in [-0.3, -0.25) is 23.7 Å². The van der Waals surface area contributed by atoms with Gasteiger partial charge in [0.15, 0.2) is 16.9 Å². The Balaban J connectivity index is 1.99. The summed E-state index contributed by atoms with van der Waals surface area (Å²) in [6, 6.07) is 7.28. The van der Waals surface area contributed by atoms with E-state index in [2.05, 4.69) is 34.0 Å². The second-order valence-corrected chi connectivity index (χ2v) is 7.25. The third-order valence-corrected chi connectivity index (χ3v) is 5.29. The predicted octanol–water partition coefficient (Wildman–Crippen LogP) is 1.37. The lowest BCUT2D eigenvalue weighted by Gasteiger charge is -2.18. The summed E-state index contributed by atoms with van der Waals surface area (Å²) in [6.45, 7) is 9.31. The molecule has 160 valence electrons. The van der Waals surface area contributed by atoms with E-state index in [0.29, 0.717) is 18.1 Å². The van der Waals surface area contributed by atoms with Crippen molar-refractivity contribution < 1.29 is 4.79 Å². The number of ketones is 1. The SMILES string of the molecule is CCN(CC)CCNc1nc2c(c(=O)[nH]c(=O)n2C)n1CC(=O)c1ccc(C)cc1. The lowest BCUT2D eigenvalue weighted by Crippen LogP contribution is -2.30. The topological polar surface area (TPSA) is 105 Å². The van der Waals surface area contributed by atoms with Crippen LogP contribution in [0.4, 0.5) is 5.95 Å². The first kappa shape index (κ1) is 21.5. The minimum Gasteiger partial charge on any atom is -0.354 e. The number of aromatic nitrogens is 4. The van der Waals surface area contributed by atoms with Crippen molar-refractivity contribution >= 4 is 22.9 Å². The number of fused-ring (bicyclic) bond motifs is 1. The van der Waals surface area contributed by atoms with Crippen LogP contribution in [0, 0.1) is 6.92 Å². The molecule has 2 N–H and O–H groups in total. The van der Waals surface area contributed by atoms with Gasteiger partial charge in [-0.1, -0.05) is 43.7 Å². The van der Waals surface area contributed by atoms with Crippen LogP contribution in [0.5, 0.6) is 0 Å². The molecule has 0 spiro atoms. The summed E-state index contributed by atoms with van der Waals surface area (Å²) in [7, 11) is 1.54. The summed E-state index contributed by atoms with van der Waals surface area (Å²) in [5, 5.41) is 3.23. The maximum Gasteiger partial charge on any atom is 0.329 e. The molecule has 2 aromatic heterocycles. The summed E-state index contributed by atoms with van der Waals surface area (Å²) >= 11 is 0. The normalized spacial score (nSPS) is 11.4. The predicted molar refractivity (Wildman–Crippen MR) is 117 cm³/mol. The van der Waals surface area contributed by atoms with E-state index in [1.807, 2.05) is 19.1 Å². The highest BCUT2D eigenvalue weighted by Crippen LogP contribution is 2.17.